The summed E-state index contributed by atoms with van der Waals surface area (Å²) in [7, 11) is 1.70. The first kappa shape index (κ1) is 15.7. The molecule has 0 amide bonds. The molecule has 4 rings (SSSR count). The average molecular weight is 326 g/mol. The second-order valence-electron chi connectivity index (χ2n) is 7.45. The van der Waals surface area contributed by atoms with Crippen molar-refractivity contribution in [3.05, 3.63) is 29.8 Å². The van der Waals surface area contributed by atoms with E-state index in [1.807, 2.05) is 12.1 Å². The van der Waals surface area contributed by atoms with Gasteiger partial charge in [0.1, 0.15) is 17.1 Å². The predicted octanol–water partition coefficient (Wildman–Crippen LogP) is 3.68. The maximum atomic E-state index is 10.5. The zero-order valence-electron chi connectivity index (χ0n) is 14.6. The Kier molecular flexibility index (Phi) is 3.87. The van der Waals surface area contributed by atoms with Gasteiger partial charge in [0.25, 0.3) is 0 Å². The van der Waals surface area contributed by atoms with Crippen LogP contribution in [0.25, 0.3) is 10.9 Å². The van der Waals surface area contributed by atoms with Gasteiger partial charge >= 0.3 is 0 Å². The highest BCUT2D eigenvalue weighted by atomic mass is 16.5. The molecule has 1 aliphatic carbocycles. The van der Waals surface area contributed by atoms with Crippen LogP contribution in [0.3, 0.4) is 0 Å². The van der Waals surface area contributed by atoms with Crippen LogP contribution in [0.1, 0.15) is 37.7 Å². The second kappa shape index (κ2) is 5.92. The second-order valence-corrected chi connectivity index (χ2v) is 7.45. The van der Waals surface area contributed by atoms with Gasteiger partial charge in [-0.3, -0.25) is 0 Å². The summed E-state index contributed by atoms with van der Waals surface area (Å²) >= 11 is 0. The van der Waals surface area contributed by atoms with Crippen molar-refractivity contribution in [1.82, 2.24) is 4.98 Å². The Morgan fingerprint density at radius 1 is 1.29 bits per heavy atom. The van der Waals surface area contributed by atoms with Gasteiger partial charge < -0.3 is 14.7 Å². The Balaban J connectivity index is 1.73. The van der Waals surface area contributed by atoms with Crippen LogP contribution in [0.2, 0.25) is 0 Å². The summed E-state index contributed by atoms with van der Waals surface area (Å²) in [6, 6.07) is 8.27. The molecule has 2 aromatic rings. The predicted molar refractivity (Wildman–Crippen MR) is 96.8 cm³/mol. The molecule has 4 nitrogen and oxygen atoms in total. The Labute approximate surface area is 143 Å². The first-order valence-electron chi connectivity index (χ1n) is 9.00. The molecule has 0 unspecified atom stereocenters. The van der Waals surface area contributed by atoms with Crippen molar-refractivity contribution >= 4 is 16.7 Å². The summed E-state index contributed by atoms with van der Waals surface area (Å²) < 4.78 is 5.51. The largest absolute Gasteiger partial charge is 0.494 e. The van der Waals surface area contributed by atoms with Gasteiger partial charge in [-0.25, -0.2) is 4.98 Å². The Hall–Kier alpha value is -1.81. The van der Waals surface area contributed by atoms with E-state index in [0.717, 1.165) is 67.7 Å². The molecule has 0 bridgehead atoms. The van der Waals surface area contributed by atoms with Crippen LogP contribution in [-0.2, 0) is 0 Å². The number of ether oxygens (including phenoxy) is 1. The maximum absolute atomic E-state index is 10.5. The van der Waals surface area contributed by atoms with Crippen molar-refractivity contribution in [3.8, 4) is 5.75 Å². The van der Waals surface area contributed by atoms with E-state index < -0.39 is 0 Å². The fraction of sp³-hybridized carbons (Fsp3) is 0.550. The number of rotatable bonds is 2. The summed E-state index contributed by atoms with van der Waals surface area (Å²) in [5.41, 5.74) is 2.23. The van der Waals surface area contributed by atoms with E-state index in [-0.39, 0.29) is 11.5 Å². The fourth-order valence-electron chi connectivity index (χ4n) is 4.65. The zero-order valence-corrected chi connectivity index (χ0v) is 14.6. The lowest BCUT2D eigenvalue weighted by molar-refractivity contribution is 0.0408. The van der Waals surface area contributed by atoms with Crippen molar-refractivity contribution in [2.24, 2.45) is 5.41 Å². The summed E-state index contributed by atoms with van der Waals surface area (Å²) in [6.45, 7) is 4.07. The Morgan fingerprint density at radius 2 is 2.12 bits per heavy atom. The normalized spacial score (nSPS) is 27.1. The highest BCUT2D eigenvalue weighted by molar-refractivity contribution is 5.88. The van der Waals surface area contributed by atoms with E-state index in [1.165, 1.54) is 5.56 Å². The van der Waals surface area contributed by atoms with Gasteiger partial charge in [0.2, 0.25) is 0 Å². The number of fused-ring (bicyclic) bond motifs is 1. The van der Waals surface area contributed by atoms with Gasteiger partial charge in [-0.05, 0) is 50.3 Å². The molecule has 1 N–H and O–H groups in total. The number of aliphatic hydroxyl groups excluding tert-OH is 1. The van der Waals surface area contributed by atoms with Crippen LogP contribution in [0.5, 0.6) is 5.75 Å². The number of anilines is 1. The van der Waals surface area contributed by atoms with Crippen LogP contribution in [0.15, 0.2) is 24.3 Å². The quantitative estimate of drug-likeness (QED) is 0.914. The molecule has 1 saturated carbocycles. The van der Waals surface area contributed by atoms with E-state index >= 15 is 0 Å². The van der Waals surface area contributed by atoms with E-state index in [1.54, 1.807) is 7.11 Å². The molecule has 1 aromatic carbocycles. The minimum atomic E-state index is -0.156. The third kappa shape index (κ3) is 2.44. The SMILES string of the molecule is COc1cccc2c(C)cc(N3CCC[C@@]4(CCC[C@H]4O)C3)nc12. The smallest absolute Gasteiger partial charge is 0.145 e. The van der Waals surface area contributed by atoms with Crippen LogP contribution < -0.4 is 9.64 Å². The van der Waals surface area contributed by atoms with Gasteiger partial charge in [-0.15, -0.1) is 0 Å². The summed E-state index contributed by atoms with van der Waals surface area (Å²) in [5, 5.41) is 11.7. The molecule has 1 saturated heterocycles. The minimum Gasteiger partial charge on any atom is -0.494 e. The highest BCUT2D eigenvalue weighted by Crippen LogP contribution is 2.46. The molecule has 2 atom stereocenters. The van der Waals surface area contributed by atoms with E-state index in [0.29, 0.717) is 0 Å². The van der Waals surface area contributed by atoms with E-state index in [9.17, 15) is 5.11 Å². The number of aromatic nitrogens is 1. The number of benzene rings is 1. The average Bonchev–Trinajstić information content (AvgIpc) is 2.94. The fourth-order valence-corrected chi connectivity index (χ4v) is 4.65. The Bertz CT molecular complexity index is 761. The summed E-state index contributed by atoms with van der Waals surface area (Å²) in [4.78, 5) is 7.30. The highest BCUT2D eigenvalue weighted by Gasteiger charge is 2.45. The lowest BCUT2D eigenvalue weighted by Gasteiger charge is -2.43. The molecule has 1 spiro atoms. The number of aliphatic hydroxyl groups is 1. The third-order valence-corrected chi connectivity index (χ3v) is 6.01. The molecular formula is C20H26N2O2. The maximum Gasteiger partial charge on any atom is 0.145 e. The molecule has 128 valence electrons. The number of aryl methyl sites for hydroxylation is 1. The van der Waals surface area contributed by atoms with Gasteiger partial charge in [-0.1, -0.05) is 18.6 Å². The number of hydrogen-bond donors (Lipinski definition) is 1. The molecule has 1 aromatic heterocycles. The van der Waals surface area contributed by atoms with Gasteiger partial charge in [-0.2, -0.15) is 0 Å². The lowest BCUT2D eigenvalue weighted by atomic mass is 9.76. The minimum absolute atomic E-state index is 0.0730. The molecular weight excluding hydrogens is 300 g/mol. The molecule has 1 aliphatic heterocycles. The number of hydrogen-bond acceptors (Lipinski definition) is 4. The topological polar surface area (TPSA) is 45.6 Å². The third-order valence-electron chi connectivity index (χ3n) is 6.01. The number of piperidine rings is 1. The van der Waals surface area contributed by atoms with Crippen molar-refractivity contribution in [2.45, 2.75) is 45.1 Å². The Morgan fingerprint density at radius 3 is 2.88 bits per heavy atom. The van der Waals surface area contributed by atoms with Crippen molar-refractivity contribution < 1.29 is 9.84 Å². The lowest BCUT2D eigenvalue weighted by Crippen LogP contribution is -2.47. The monoisotopic (exact) mass is 326 g/mol. The van der Waals surface area contributed by atoms with Crippen LogP contribution >= 0.6 is 0 Å². The number of para-hydroxylation sites is 1. The molecule has 4 heteroatoms. The number of nitrogens with zero attached hydrogens (tertiary/aromatic N) is 2. The van der Waals surface area contributed by atoms with Crippen LogP contribution in [0.4, 0.5) is 5.82 Å². The molecule has 2 fully saturated rings. The van der Waals surface area contributed by atoms with E-state index in [4.69, 9.17) is 9.72 Å². The molecule has 2 aliphatic rings. The van der Waals surface area contributed by atoms with Gasteiger partial charge in [0.15, 0.2) is 0 Å². The zero-order chi connectivity index (χ0) is 16.7. The molecule has 24 heavy (non-hydrogen) atoms. The number of methoxy groups -OCH3 is 1. The summed E-state index contributed by atoms with van der Waals surface area (Å²) in [5.74, 6) is 1.84. The van der Waals surface area contributed by atoms with E-state index in [2.05, 4.69) is 24.0 Å². The van der Waals surface area contributed by atoms with Gasteiger partial charge in [0, 0.05) is 23.9 Å². The van der Waals surface area contributed by atoms with Crippen molar-refractivity contribution in [1.29, 1.82) is 0 Å². The molecule has 2 heterocycles. The number of pyridine rings is 1. The van der Waals surface area contributed by atoms with Crippen LogP contribution in [-0.4, -0.2) is 36.4 Å². The van der Waals surface area contributed by atoms with Gasteiger partial charge in [0.05, 0.1) is 13.2 Å². The van der Waals surface area contributed by atoms with Crippen molar-refractivity contribution in [2.75, 3.05) is 25.1 Å². The summed E-state index contributed by atoms with van der Waals surface area (Å²) in [6.07, 6.45) is 5.35. The van der Waals surface area contributed by atoms with Crippen LogP contribution in [0, 0.1) is 12.3 Å². The first-order chi connectivity index (χ1) is 11.6. The standard InChI is InChI=1S/C20H26N2O2/c1-14-12-18(21-19-15(14)6-3-7-16(19)24-2)22-11-5-10-20(13-22)9-4-8-17(20)23/h3,6-7,12,17,23H,4-5,8-11,13H2,1-2H3/t17-,20+/m1/s1. The van der Waals surface area contributed by atoms with Crippen molar-refractivity contribution in [3.63, 3.8) is 0 Å². The first-order valence-corrected chi connectivity index (χ1v) is 9.00. The molecule has 0 radical (unpaired) electrons.